The monoisotopic (exact) mass is 485 g/mol. The van der Waals surface area contributed by atoms with E-state index >= 15 is 0 Å². The molecule has 0 aliphatic carbocycles. The van der Waals surface area contributed by atoms with E-state index in [1.165, 1.54) is 45.3 Å². The fourth-order valence-electron chi connectivity index (χ4n) is 2.11. The van der Waals surface area contributed by atoms with Crippen LogP contribution in [0, 0.1) is 0 Å². The second-order valence-corrected chi connectivity index (χ2v) is 8.63. The average molecular weight is 486 g/mol. The standard InChI is InChI=1S/C18H20BrN3O6S/c1-12(28-15-6-4-5-14(19)11-15)17(23)20-21-18(24)13-7-9-16(10-8-13)29(25,26)22(2)27-3/h4-12H,1-3H3,(H,20,23)(H,21,24). The van der Waals surface area contributed by atoms with Crippen molar-refractivity contribution in [3.8, 4) is 5.75 Å². The molecule has 29 heavy (non-hydrogen) atoms. The fraction of sp³-hybridized carbons (Fsp3) is 0.222. The third-order valence-corrected chi connectivity index (χ3v) is 5.97. The van der Waals surface area contributed by atoms with Crippen molar-refractivity contribution in [3.63, 3.8) is 0 Å². The molecule has 2 aromatic rings. The van der Waals surface area contributed by atoms with Crippen LogP contribution >= 0.6 is 15.9 Å². The summed E-state index contributed by atoms with van der Waals surface area (Å²) in [6, 6.07) is 12.2. The zero-order chi connectivity index (χ0) is 21.6. The third kappa shape index (κ3) is 6.00. The van der Waals surface area contributed by atoms with Gasteiger partial charge in [0.1, 0.15) is 5.75 Å². The van der Waals surface area contributed by atoms with Crippen LogP contribution in [-0.4, -0.2) is 45.0 Å². The number of hydrogen-bond acceptors (Lipinski definition) is 6. The maximum Gasteiger partial charge on any atom is 0.279 e. The van der Waals surface area contributed by atoms with Gasteiger partial charge in [-0.2, -0.15) is 0 Å². The minimum atomic E-state index is -3.81. The highest BCUT2D eigenvalue weighted by molar-refractivity contribution is 9.10. The van der Waals surface area contributed by atoms with Gasteiger partial charge in [-0.25, -0.2) is 8.42 Å². The minimum absolute atomic E-state index is 0.0431. The number of hydroxylamine groups is 1. The predicted molar refractivity (Wildman–Crippen MR) is 108 cm³/mol. The first-order valence-corrected chi connectivity index (χ1v) is 10.5. The Morgan fingerprint density at radius 3 is 2.34 bits per heavy atom. The van der Waals surface area contributed by atoms with Crippen LogP contribution in [0.5, 0.6) is 5.75 Å². The quantitative estimate of drug-likeness (QED) is 0.578. The second-order valence-electron chi connectivity index (χ2n) is 5.78. The Morgan fingerprint density at radius 1 is 1.10 bits per heavy atom. The molecular formula is C18H20BrN3O6S. The molecule has 2 rings (SSSR count). The highest BCUT2D eigenvalue weighted by Crippen LogP contribution is 2.19. The molecule has 0 heterocycles. The summed E-state index contributed by atoms with van der Waals surface area (Å²) in [4.78, 5) is 28.9. The Labute approximate surface area is 177 Å². The van der Waals surface area contributed by atoms with Gasteiger partial charge in [0.15, 0.2) is 6.10 Å². The van der Waals surface area contributed by atoms with E-state index in [-0.39, 0.29) is 10.5 Å². The van der Waals surface area contributed by atoms with Crippen LogP contribution in [0.1, 0.15) is 17.3 Å². The molecule has 2 amide bonds. The van der Waals surface area contributed by atoms with Crippen molar-refractivity contribution in [2.75, 3.05) is 14.2 Å². The summed E-state index contributed by atoms with van der Waals surface area (Å²) in [5.41, 5.74) is 4.68. The van der Waals surface area contributed by atoms with Gasteiger partial charge in [-0.05, 0) is 49.4 Å². The first-order chi connectivity index (χ1) is 13.6. The molecule has 0 radical (unpaired) electrons. The second kappa shape index (κ2) is 9.83. The van der Waals surface area contributed by atoms with Crippen molar-refractivity contribution in [2.24, 2.45) is 0 Å². The van der Waals surface area contributed by atoms with E-state index < -0.39 is 27.9 Å². The summed E-state index contributed by atoms with van der Waals surface area (Å²) in [5, 5.41) is 0. The van der Waals surface area contributed by atoms with Crippen molar-refractivity contribution >= 4 is 37.8 Å². The maximum absolute atomic E-state index is 12.2. The van der Waals surface area contributed by atoms with Gasteiger partial charge in [-0.15, -0.1) is 0 Å². The number of hydrazine groups is 1. The number of halogens is 1. The number of carbonyl (C=O) groups excluding carboxylic acids is 2. The van der Waals surface area contributed by atoms with Crippen molar-refractivity contribution in [2.45, 2.75) is 17.9 Å². The van der Waals surface area contributed by atoms with Gasteiger partial charge >= 0.3 is 0 Å². The highest BCUT2D eigenvalue weighted by atomic mass is 79.9. The Morgan fingerprint density at radius 2 is 1.76 bits per heavy atom. The third-order valence-electron chi connectivity index (χ3n) is 3.79. The Bertz CT molecular complexity index is 981. The minimum Gasteiger partial charge on any atom is -0.481 e. The highest BCUT2D eigenvalue weighted by Gasteiger charge is 2.21. The van der Waals surface area contributed by atoms with Crippen LogP contribution in [0.2, 0.25) is 0 Å². The van der Waals surface area contributed by atoms with Gasteiger partial charge in [0.05, 0.1) is 12.0 Å². The molecule has 0 fully saturated rings. The van der Waals surface area contributed by atoms with Crippen molar-refractivity contribution in [1.29, 1.82) is 0 Å². The molecule has 0 aliphatic heterocycles. The number of carbonyl (C=O) groups is 2. The molecule has 0 saturated carbocycles. The van der Waals surface area contributed by atoms with E-state index in [0.29, 0.717) is 10.2 Å². The molecule has 1 unspecified atom stereocenters. The van der Waals surface area contributed by atoms with Crippen LogP contribution in [0.3, 0.4) is 0 Å². The van der Waals surface area contributed by atoms with Crippen LogP contribution in [0.4, 0.5) is 0 Å². The van der Waals surface area contributed by atoms with E-state index in [1.807, 2.05) is 6.07 Å². The molecule has 2 aromatic carbocycles. The number of nitrogens with zero attached hydrogens (tertiary/aromatic N) is 1. The lowest BCUT2D eigenvalue weighted by Crippen LogP contribution is -2.47. The number of amides is 2. The van der Waals surface area contributed by atoms with E-state index in [2.05, 4.69) is 31.6 Å². The lowest BCUT2D eigenvalue weighted by atomic mass is 10.2. The molecule has 9 nitrogen and oxygen atoms in total. The summed E-state index contributed by atoms with van der Waals surface area (Å²) in [6.07, 6.45) is -0.860. The summed E-state index contributed by atoms with van der Waals surface area (Å²) in [5.74, 6) is -0.678. The van der Waals surface area contributed by atoms with Crippen molar-refractivity contribution < 1.29 is 27.6 Å². The maximum atomic E-state index is 12.2. The van der Waals surface area contributed by atoms with Gasteiger partial charge in [0.25, 0.3) is 21.8 Å². The van der Waals surface area contributed by atoms with Crippen LogP contribution in [-0.2, 0) is 19.7 Å². The first kappa shape index (κ1) is 22.8. The van der Waals surface area contributed by atoms with Crippen LogP contribution in [0.25, 0.3) is 0 Å². The van der Waals surface area contributed by atoms with Gasteiger partial charge in [-0.1, -0.05) is 26.5 Å². The number of rotatable bonds is 7. The summed E-state index contributed by atoms with van der Waals surface area (Å²) >= 11 is 3.31. The zero-order valence-corrected chi connectivity index (χ0v) is 18.3. The van der Waals surface area contributed by atoms with Crippen molar-refractivity contribution in [3.05, 3.63) is 58.6 Å². The number of hydrogen-bond donors (Lipinski definition) is 2. The van der Waals surface area contributed by atoms with E-state index in [0.717, 1.165) is 4.47 Å². The molecule has 0 spiro atoms. The number of nitrogens with one attached hydrogen (secondary N) is 2. The van der Waals surface area contributed by atoms with Gasteiger partial charge in [-0.3, -0.25) is 25.3 Å². The summed E-state index contributed by atoms with van der Waals surface area (Å²) < 4.78 is 31.3. The molecule has 0 saturated heterocycles. The molecule has 1 atom stereocenters. The lowest BCUT2D eigenvalue weighted by Gasteiger charge is -2.16. The fourth-order valence-corrected chi connectivity index (χ4v) is 3.47. The van der Waals surface area contributed by atoms with E-state index in [1.54, 1.807) is 18.2 Å². The first-order valence-electron chi connectivity index (χ1n) is 8.30. The normalized spacial score (nSPS) is 12.3. The van der Waals surface area contributed by atoms with Gasteiger partial charge in [0, 0.05) is 17.1 Å². The topological polar surface area (TPSA) is 114 Å². The summed E-state index contributed by atoms with van der Waals surface area (Å²) in [7, 11) is -1.33. The zero-order valence-electron chi connectivity index (χ0n) is 15.9. The van der Waals surface area contributed by atoms with Crippen LogP contribution < -0.4 is 15.6 Å². The number of ether oxygens (including phenoxy) is 1. The molecule has 11 heteroatoms. The van der Waals surface area contributed by atoms with E-state index in [4.69, 9.17) is 4.74 Å². The molecule has 0 aliphatic rings. The molecule has 156 valence electrons. The SMILES string of the molecule is CON(C)S(=O)(=O)c1ccc(C(=O)NNC(=O)C(C)Oc2cccc(Br)c2)cc1. The summed E-state index contributed by atoms with van der Waals surface area (Å²) in [6.45, 7) is 1.54. The molecule has 2 N–H and O–H groups in total. The Balaban J connectivity index is 1.94. The van der Waals surface area contributed by atoms with E-state index in [9.17, 15) is 18.0 Å². The average Bonchev–Trinajstić information content (AvgIpc) is 2.71. The Hall–Kier alpha value is -2.47. The smallest absolute Gasteiger partial charge is 0.279 e. The van der Waals surface area contributed by atoms with Crippen LogP contribution in [0.15, 0.2) is 57.9 Å². The van der Waals surface area contributed by atoms with Crippen molar-refractivity contribution in [1.82, 2.24) is 15.3 Å². The number of sulfonamides is 1. The molecule has 0 aromatic heterocycles. The molecule has 0 bridgehead atoms. The Kier molecular flexibility index (Phi) is 7.73. The predicted octanol–water partition coefficient (Wildman–Crippen LogP) is 1.86. The van der Waals surface area contributed by atoms with Gasteiger partial charge in [0.2, 0.25) is 0 Å². The lowest BCUT2D eigenvalue weighted by molar-refractivity contribution is -0.128. The number of benzene rings is 2. The molecular weight excluding hydrogens is 466 g/mol. The largest absolute Gasteiger partial charge is 0.481 e. The van der Waals surface area contributed by atoms with Gasteiger partial charge < -0.3 is 4.74 Å².